The summed E-state index contributed by atoms with van der Waals surface area (Å²) in [5.74, 6) is 2.52. The van der Waals surface area contributed by atoms with E-state index in [-0.39, 0.29) is 0 Å². The van der Waals surface area contributed by atoms with E-state index in [0.717, 1.165) is 25.4 Å². The van der Waals surface area contributed by atoms with Crippen LogP contribution in [0.4, 0.5) is 0 Å². The number of ether oxygens (including phenoxy) is 1. The fourth-order valence-electron chi connectivity index (χ4n) is 3.19. The van der Waals surface area contributed by atoms with Crippen LogP contribution in [0.1, 0.15) is 56.2 Å². The molecule has 1 saturated heterocycles. The number of nitrogens with one attached hydrogen (secondary N) is 1. The lowest BCUT2D eigenvalue weighted by atomic mass is 9.88. The first-order valence-corrected chi connectivity index (χ1v) is 6.97. The summed E-state index contributed by atoms with van der Waals surface area (Å²) in [6, 6.07) is 0. The Morgan fingerprint density at radius 3 is 3.00 bits per heavy atom. The van der Waals surface area contributed by atoms with Gasteiger partial charge in [-0.15, -0.1) is 0 Å². The molecule has 2 heterocycles. The van der Waals surface area contributed by atoms with Crippen molar-refractivity contribution in [3.8, 4) is 0 Å². The predicted octanol–water partition coefficient (Wildman–Crippen LogP) is 2.82. The molecule has 1 N–H and O–H groups in total. The van der Waals surface area contributed by atoms with Crippen LogP contribution in [-0.2, 0) is 17.6 Å². The molecule has 94 valence electrons. The molecule has 3 rings (SSSR count). The van der Waals surface area contributed by atoms with Crippen molar-refractivity contribution in [1.82, 2.24) is 9.97 Å². The topological polar surface area (TPSA) is 37.9 Å². The van der Waals surface area contributed by atoms with Crippen LogP contribution in [-0.4, -0.2) is 22.7 Å². The zero-order chi connectivity index (χ0) is 11.8. The van der Waals surface area contributed by atoms with Gasteiger partial charge in [0.15, 0.2) is 0 Å². The average molecular weight is 234 g/mol. The van der Waals surface area contributed by atoms with Crippen molar-refractivity contribution in [3.05, 3.63) is 17.2 Å². The average Bonchev–Trinajstić information content (AvgIpc) is 2.93. The van der Waals surface area contributed by atoms with Crippen molar-refractivity contribution in [2.75, 3.05) is 6.61 Å². The van der Waals surface area contributed by atoms with Gasteiger partial charge in [-0.25, -0.2) is 4.98 Å². The molecule has 0 bridgehead atoms. The maximum Gasteiger partial charge on any atom is 0.112 e. The van der Waals surface area contributed by atoms with E-state index < -0.39 is 0 Å². The zero-order valence-electron chi connectivity index (χ0n) is 10.8. The highest BCUT2D eigenvalue weighted by Crippen LogP contribution is 2.32. The number of fused-ring (bicyclic) bond motifs is 1. The fourth-order valence-corrected chi connectivity index (χ4v) is 3.19. The van der Waals surface area contributed by atoms with Gasteiger partial charge in [0.05, 0.1) is 11.8 Å². The third kappa shape index (κ3) is 2.01. The molecule has 3 atom stereocenters. The highest BCUT2D eigenvalue weighted by molar-refractivity contribution is 5.21. The first-order valence-electron chi connectivity index (χ1n) is 6.97. The molecular weight excluding hydrogens is 212 g/mol. The van der Waals surface area contributed by atoms with Crippen LogP contribution in [0, 0.1) is 5.92 Å². The normalized spacial score (nSPS) is 32.7. The summed E-state index contributed by atoms with van der Waals surface area (Å²) < 4.78 is 5.63. The number of aryl methyl sites for hydroxylation is 1. The fraction of sp³-hybridized carbons (Fsp3) is 0.786. The summed E-state index contributed by atoms with van der Waals surface area (Å²) in [7, 11) is 0. The molecule has 0 amide bonds. The van der Waals surface area contributed by atoms with E-state index in [2.05, 4.69) is 18.8 Å². The van der Waals surface area contributed by atoms with Crippen LogP contribution in [0.2, 0.25) is 0 Å². The summed E-state index contributed by atoms with van der Waals surface area (Å²) in [5.41, 5.74) is 2.72. The second kappa shape index (κ2) is 4.45. The molecule has 17 heavy (non-hydrogen) atoms. The number of aromatic nitrogens is 2. The van der Waals surface area contributed by atoms with Gasteiger partial charge in [0.1, 0.15) is 5.82 Å². The van der Waals surface area contributed by atoms with Gasteiger partial charge in [0.2, 0.25) is 0 Å². The molecule has 1 aliphatic carbocycles. The third-order valence-corrected chi connectivity index (χ3v) is 4.47. The highest BCUT2D eigenvalue weighted by atomic mass is 16.5. The molecule has 0 spiro atoms. The summed E-state index contributed by atoms with van der Waals surface area (Å²) in [6.07, 6.45) is 6.39. The maximum absolute atomic E-state index is 5.63. The number of H-pyrrole nitrogens is 1. The molecule has 0 aromatic carbocycles. The summed E-state index contributed by atoms with van der Waals surface area (Å²) in [6.45, 7) is 5.34. The van der Waals surface area contributed by atoms with Gasteiger partial charge in [-0.3, -0.25) is 0 Å². The number of rotatable bonds is 2. The van der Waals surface area contributed by atoms with Crippen LogP contribution in [0.25, 0.3) is 0 Å². The molecule has 2 aliphatic rings. The van der Waals surface area contributed by atoms with Crippen LogP contribution < -0.4 is 0 Å². The lowest BCUT2D eigenvalue weighted by Crippen LogP contribution is -2.13. The first kappa shape index (κ1) is 11.3. The Labute approximate surface area is 103 Å². The molecule has 1 aromatic heterocycles. The number of imidazole rings is 1. The second-order valence-corrected chi connectivity index (χ2v) is 5.54. The molecule has 1 aliphatic heterocycles. The SMILES string of the molecule is CCC1CCc2nc(C3CCOC3C)[nH]c2C1. The predicted molar refractivity (Wildman–Crippen MR) is 67.2 cm³/mol. The Hall–Kier alpha value is -0.830. The van der Waals surface area contributed by atoms with Gasteiger partial charge in [-0.05, 0) is 38.5 Å². The Morgan fingerprint density at radius 2 is 2.29 bits per heavy atom. The quantitative estimate of drug-likeness (QED) is 0.854. The Bertz CT molecular complexity index is 399. The van der Waals surface area contributed by atoms with E-state index in [1.807, 2.05) is 0 Å². The van der Waals surface area contributed by atoms with Crippen LogP contribution in [0.15, 0.2) is 0 Å². The summed E-state index contributed by atoms with van der Waals surface area (Å²) in [4.78, 5) is 8.40. The van der Waals surface area contributed by atoms with Crippen LogP contribution >= 0.6 is 0 Å². The smallest absolute Gasteiger partial charge is 0.112 e. The van der Waals surface area contributed by atoms with Gasteiger partial charge in [0.25, 0.3) is 0 Å². The van der Waals surface area contributed by atoms with Crippen molar-refractivity contribution < 1.29 is 4.74 Å². The van der Waals surface area contributed by atoms with E-state index in [4.69, 9.17) is 9.72 Å². The monoisotopic (exact) mass is 234 g/mol. The van der Waals surface area contributed by atoms with Crippen LogP contribution in [0.3, 0.4) is 0 Å². The minimum atomic E-state index is 0.324. The largest absolute Gasteiger partial charge is 0.378 e. The molecule has 3 heteroatoms. The van der Waals surface area contributed by atoms with Crippen molar-refractivity contribution in [1.29, 1.82) is 0 Å². The molecule has 3 unspecified atom stereocenters. The molecule has 3 nitrogen and oxygen atoms in total. The number of aromatic amines is 1. The van der Waals surface area contributed by atoms with E-state index in [0.29, 0.717) is 12.0 Å². The lowest BCUT2D eigenvalue weighted by Gasteiger charge is -2.19. The lowest BCUT2D eigenvalue weighted by molar-refractivity contribution is 0.117. The van der Waals surface area contributed by atoms with Gasteiger partial charge in [-0.2, -0.15) is 0 Å². The molecule has 1 fully saturated rings. The third-order valence-electron chi connectivity index (χ3n) is 4.47. The second-order valence-electron chi connectivity index (χ2n) is 5.54. The highest BCUT2D eigenvalue weighted by Gasteiger charge is 2.30. The van der Waals surface area contributed by atoms with Crippen molar-refractivity contribution in [2.45, 2.75) is 58.0 Å². The maximum atomic E-state index is 5.63. The first-order chi connectivity index (χ1) is 8.28. The minimum Gasteiger partial charge on any atom is -0.378 e. The number of nitrogens with zero attached hydrogens (tertiary/aromatic N) is 1. The van der Waals surface area contributed by atoms with Crippen molar-refractivity contribution in [3.63, 3.8) is 0 Å². The van der Waals surface area contributed by atoms with E-state index in [1.54, 1.807) is 0 Å². The van der Waals surface area contributed by atoms with Crippen molar-refractivity contribution in [2.24, 2.45) is 5.92 Å². The van der Waals surface area contributed by atoms with Gasteiger partial charge < -0.3 is 9.72 Å². The number of hydrogen-bond acceptors (Lipinski definition) is 2. The molecular formula is C14H22N2O. The zero-order valence-corrected chi connectivity index (χ0v) is 10.8. The van der Waals surface area contributed by atoms with E-state index in [1.165, 1.54) is 36.5 Å². The van der Waals surface area contributed by atoms with Gasteiger partial charge >= 0.3 is 0 Å². The number of hydrogen-bond donors (Lipinski definition) is 1. The molecule has 0 saturated carbocycles. The Balaban J connectivity index is 1.82. The Morgan fingerprint density at radius 1 is 1.41 bits per heavy atom. The van der Waals surface area contributed by atoms with E-state index >= 15 is 0 Å². The van der Waals surface area contributed by atoms with E-state index in [9.17, 15) is 0 Å². The van der Waals surface area contributed by atoms with Gasteiger partial charge in [-0.1, -0.05) is 13.3 Å². The molecule has 1 aromatic rings. The Kier molecular flexibility index (Phi) is 2.95. The standard InChI is InChI=1S/C14H22N2O/c1-3-10-4-5-12-13(8-10)16-14(15-12)11-6-7-17-9(11)2/h9-11H,3-8H2,1-2H3,(H,15,16). The minimum absolute atomic E-state index is 0.324. The summed E-state index contributed by atoms with van der Waals surface area (Å²) in [5, 5.41) is 0. The van der Waals surface area contributed by atoms with Crippen molar-refractivity contribution >= 4 is 0 Å². The van der Waals surface area contributed by atoms with Gasteiger partial charge in [0, 0.05) is 18.2 Å². The summed E-state index contributed by atoms with van der Waals surface area (Å²) >= 11 is 0. The van der Waals surface area contributed by atoms with Crippen LogP contribution in [0.5, 0.6) is 0 Å². The molecule has 0 radical (unpaired) electrons.